The van der Waals surface area contributed by atoms with Gasteiger partial charge in [0, 0.05) is 17.6 Å². The van der Waals surface area contributed by atoms with Gasteiger partial charge in [-0.1, -0.05) is 6.07 Å². The Balaban J connectivity index is 2.36. The highest BCUT2D eigenvalue weighted by Gasteiger charge is 2.10. The average Bonchev–Trinajstić information content (AvgIpc) is 2.49. The summed E-state index contributed by atoms with van der Waals surface area (Å²) in [6.45, 7) is 0. The Hall–Kier alpha value is -0.680. The normalized spacial score (nSPS) is 11.5. The van der Waals surface area contributed by atoms with Crippen LogP contribution in [0, 0.1) is 0 Å². The number of Topliss-reactive ketones (excluding diaryl/α,β-unsaturated/α-hetero) is 1. The summed E-state index contributed by atoms with van der Waals surface area (Å²) in [6, 6.07) is 3.86. The zero-order chi connectivity index (χ0) is 10.6. The molecule has 0 spiro atoms. The van der Waals surface area contributed by atoms with Crippen LogP contribution in [-0.2, 0) is 21.1 Å². The molecule has 78 valence electrons. The fourth-order valence-electron chi connectivity index (χ4n) is 1.08. The highest BCUT2D eigenvalue weighted by Crippen LogP contribution is 2.11. The maximum absolute atomic E-state index is 11.2. The molecule has 14 heavy (non-hydrogen) atoms. The summed E-state index contributed by atoms with van der Waals surface area (Å²) in [5.74, 6) is -0.542. The lowest BCUT2D eigenvalue weighted by molar-refractivity contribution is -0.116. The molecule has 0 atom stereocenters. The van der Waals surface area contributed by atoms with Gasteiger partial charge in [-0.15, -0.1) is 11.3 Å². The number of hydrogen-bond donors (Lipinski definition) is 0. The molecular weight excluding hydrogens is 220 g/mol. The molecule has 0 radical (unpaired) electrons. The van der Waals surface area contributed by atoms with Gasteiger partial charge in [0.2, 0.25) is 0 Å². The molecule has 0 amide bonds. The van der Waals surface area contributed by atoms with Crippen molar-refractivity contribution in [3.8, 4) is 0 Å². The maximum Gasteiger partial charge on any atom is 0.154 e. The SMILES string of the molecule is CS(=O)(=O)CC(=O)CCc1cccs1. The van der Waals surface area contributed by atoms with Crippen LogP contribution in [0.25, 0.3) is 0 Å². The Kier molecular flexibility index (Phi) is 3.83. The molecule has 0 aliphatic rings. The molecule has 0 bridgehead atoms. The molecule has 0 N–H and O–H groups in total. The number of carbonyl (C=O) groups excluding carboxylic acids is 1. The second-order valence-electron chi connectivity index (χ2n) is 3.19. The number of sulfone groups is 1. The first kappa shape index (κ1) is 11.4. The van der Waals surface area contributed by atoms with E-state index in [0.717, 1.165) is 11.1 Å². The van der Waals surface area contributed by atoms with E-state index in [1.165, 1.54) is 0 Å². The second-order valence-corrected chi connectivity index (χ2v) is 6.36. The van der Waals surface area contributed by atoms with E-state index in [0.29, 0.717) is 12.8 Å². The third kappa shape index (κ3) is 4.53. The van der Waals surface area contributed by atoms with Gasteiger partial charge in [-0.3, -0.25) is 4.79 Å². The standard InChI is InChI=1S/C9H12O3S2/c1-14(11,12)7-8(10)4-5-9-3-2-6-13-9/h2-3,6H,4-5,7H2,1H3. The van der Waals surface area contributed by atoms with Gasteiger partial charge in [0.15, 0.2) is 9.84 Å². The van der Waals surface area contributed by atoms with Crippen LogP contribution in [0.2, 0.25) is 0 Å². The van der Waals surface area contributed by atoms with Crippen molar-refractivity contribution in [3.63, 3.8) is 0 Å². The number of carbonyl (C=O) groups is 1. The van der Waals surface area contributed by atoms with Gasteiger partial charge in [0.25, 0.3) is 0 Å². The first-order valence-electron chi connectivity index (χ1n) is 4.19. The van der Waals surface area contributed by atoms with Crippen molar-refractivity contribution in [3.05, 3.63) is 22.4 Å². The van der Waals surface area contributed by atoms with E-state index in [9.17, 15) is 13.2 Å². The molecule has 0 aliphatic carbocycles. The quantitative estimate of drug-likeness (QED) is 0.768. The Bertz CT molecular complexity index is 390. The van der Waals surface area contributed by atoms with Gasteiger partial charge in [-0.25, -0.2) is 8.42 Å². The number of rotatable bonds is 5. The summed E-state index contributed by atoms with van der Waals surface area (Å²) in [7, 11) is -3.16. The lowest BCUT2D eigenvalue weighted by Crippen LogP contribution is -2.14. The number of aryl methyl sites for hydroxylation is 1. The molecule has 0 saturated carbocycles. The van der Waals surface area contributed by atoms with Gasteiger partial charge in [-0.05, 0) is 17.9 Å². The van der Waals surface area contributed by atoms with Gasteiger partial charge in [0.05, 0.1) is 0 Å². The Morgan fingerprint density at radius 2 is 2.21 bits per heavy atom. The largest absolute Gasteiger partial charge is 0.299 e. The lowest BCUT2D eigenvalue weighted by Gasteiger charge is -1.97. The highest BCUT2D eigenvalue weighted by molar-refractivity contribution is 7.91. The minimum atomic E-state index is -3.16. The fourth-order valence-corrected chi connectivity index (χ4v) is 2.52. The molecular formula is C9H12O3S2. The smallest absolute Gasteiger partial charge is 0.154 e. The summed E-state index contributed by atoms with van der Waals surface area (Å²) >= 11 is 1.58. The molecule has 0 saturated heterocycles. The Morgan fingerprint density at radius 1 is 1.50 bits per heavy atom. The topological polar surface area (TPSA) is 51.2 Å². The van der Waals surface area contributed by atoms with Gasteiger partial charge in [-0.2, -0.15) is 0 Å². The molecule has 1 aromatic heterocycles. The Labute approximate surface area is 87.7 Å². The minimum Gasteiger partial charge on any atom is -0.299 e. The third-order valence-corrected chi connectivity index (χ3v) is 3.44. The van der Waals surface area contributed by atoms with E-state index < -0.39 is 9.84 Å². The van der Waals surface area contributed by atoms with Crippen molar-refractivity contribution >= 4 is 27.0 Å². The van der Waals surface area contributed by atoms with Crippen LogP contribution < -0.4 is 0 Å². The van der Waals surface area contributed by atoms with Crippen molar-refractivity contribution in [1.29, 1.82) is 0 Å². The lowest BCUT2D eigenvalue weighted by atomic mass is 10.2. The minimum absolute atomic E-state index is 0.207. The molecule has 1 heterocycles. The number of ketones is 1. The molecule has 1 rings (SSSR count). The highest BCUT2D eigenvalue weighted by atomic mass is 32.2. The fraction of sp³-hybridized carbons (Fsp3) is 0.444. The summed E-state index contributed by atoms with van der Waals surface area (Å²) in [5, 5.41) is 1.94. The van der Waals surface area contributed by atoms with Crippen molar-refractivity contribution in [2.45, 2.75) is 12.8 Å². The van der Waals surface area contributed by atoms with E-state index in [-0.39, 0.29) is 11.5 Å². The van der Waals surface area contributed by atoms with E-state index >= 15 is 0 Å². The molecule has 5 heteroatoms. The van der Waals surface area contributed by atoms with Crippen molar-refractivity contribution in [2.24, 2.45) is 0 Å². The predicted octanol–water partition coefficient (Wildman–Crippen LogP) is 1.29. The van der Waals surface area contributed by atoms with E-state index in [1.807, 2.05) is 17.5 Å². The number of hydrogen-bond acceptors (Lipinski definition) is 4. The van der Waals surface area contributed by atoms with Gasteiger partial charge >= 0.3 is 0 Å². The van der Waals surface area contributed by atoms with Gasteiger partial charge in [0.1, 0.15) is 11.5 Å². The molecule has 0 aliphatic heterocycles. The van der Waals surface area contributed by atoms with Crippen LogP contribution in [-0.4, -0.2) is 26.2 Å². The van der Waals surface area contributed by atoms with Crippen molar-refractivity contribution in [1.82, 2.24) is 0 Å². The maximum atomic E-state index is 11.2. The van der Waals surface area contributed by atoms with E-state index in [4.69, 9.17) is 0 Å². The zero-order valence-corrected chi connectivity index (χ0v) is 9.53. The Morgan fingerprint density at radius 3 is 2.71 bits per heavy atom. The third-order valence-electron chi connectivity index (χ3n) is 1.65. The van der Waals surface area contributed by atoms with Gasteiger partial charge < -0.3 is 0 Å². The monoisotopic (exact) mass is 232 g/mol. The molecule has 0 aromatic carbocycles. The molecule has 0 fully saturated rings. The van der Waals surface area contributed by atoms with E-state index in [1.54, 1.807) is 11.3 Å². The summed E-state index contributed by atoms with van der Waals surface area (Å²) in [6.07, 6.45) is 2.04. The average molecular weight is 232 g/mol. The predicted molar refractivity (Wildman–Crippen MR) is 57.4 cm³/mol. The van der Waals surface area contributed by atoms with E-state index in [2.05, 4.69) is 0 Å². The molecule has 0 unspecified atom stereocenters. The zero-order valence-electron chi connectivity index (χ0n) is 7.89. The van der Waals surface area contributed by atoms with Crippen LogP contribution in [0.4, 0.5) is 0 Å². The summed E-state index contributed by atoms with van der Waals surface area (Å²) in [5.41, 5.74) is 0. The van der Waals surface area contributed by atoms with Crippen LogP contribution >= 0.6 is 11.3 Å². The van der Waals surface area contributed by atoms with Crippen LogP contribution in [0.15, 0.2) is 17.5 Å². The second kappa shape index (κ2) is 4.70. The first-order chi connectivity index (χ1) is 6.47. The van der Waals surface area contributed by atoms with Crippen molar-refractivity contribution < 1.29 is 13.2 Å². The number of thiophene rings is 1. The molecule has 3 nitrogen and oxygen atoms in total. The summed E-state index contributed by atoms with van der Waals surface area (Å²) in [4.78, 5) is 12.3. The van der Waals surface area contributed by atoms with Crippen molar-refractivity contribution in [2.75, 3.05) is 12.0 Å². The van der Waals surface area contributed by atoms with Crippen LogP contribution in [0.3, 0.4) is 0 Å². The summed E-state index contributed by atoms with van der Waals surface area (Å²) < 4.78 is 21.6. The first-order valence-corrected chi connectivity index (χ1v) is 7.13. The molecule has 1 aromatic rings. The van der Waals surface area contributed by atoms with Crippen LogP contribution in [0.5, 0.6) is 0 Å². The van der Waals surface area contributed by atoms with Crippen LogP contribution in [0.1, 0.15) is 11.3 Å².